The van der Waals surface area contributed by atoms with Crippen molar-refractivity contribution in [2.24, 2.45) is 0 Å². The maximum atomic E-state index is 12.0. The topological polar surface area (TPSA) is 76.0 Å². The minimum absolute atomic E-state index is 0.0534. The molecule has 0 unspecified atom stereocenters. The van der Waals surface area contributed by atoms with Gasteiger partial charge in [0.05, 0.1) is 29.0 Å². The van der Waals surface area contributed by atoms with E-state index in [1.54, 1.807) is 6.07 Å². The summed E-state index contributed by atoms with van der Waals surface area (Å²) in [7, 11) is 0. The first-order chi connectivity index (χ1) is 12.1. The van der Waals surface area contributed by atoms with Crippen LogP contribution in [0.2, 0.25) is 0 Å². The number of para-hydroxylation sites is 2. The summed E-state index contributed by atoms with van der Waals surface area (Å²) in [6, 6.07) is 11.5. The van der Waals surface area contributed by atoms with E-state index in [-0.39, 0.29) is 18.4 Å². The summed E-state index contributed by atoms with van der Waals surface area (Å²) in [5.74, 6) is 0.336. The fourth-order valence-corrected chi connectivity index (χ4v) is 3.44. The Balaban J connectivity index is 1.56. The average Bonchev–Trinajstić information content (AvgIpc) is 3.20. The first-order valence-corrected chi connectivity index (χ1v) is 8.95. The molecule has 7 heteroatoms. The Morgan fingerprint density at radius 1 is 1.16 bits per heavy atom. The van der Waals surface area contributed by atoms with Crippen LogP contribution in [0.25, 0.3) is 11.0 Å². The number of amides is 2. The Morgan fingerprint density at radius 2 is 1.96 bits per heavy atom. The summed E-state index contributed by atoms with van der Waals surface area (Å²) in [5, 5.41) is 5.45. The minimum Gasteiger partial charge on any atom is -0.347 e. The molecule has 130 valence electrons. The lowest BCUT2D eigenvalue weighted by Crippen LogP contribution is -2.36. The molecule has 25 heavy (non-hydrogen) atoms. The van der Waals surface area contributed by atoms with Gasteiger partial charge in [-0.3, -0.25) is 9.59 Å². The van der Waals surface area contributed by atoms with Gasteiger partial charge in [0.15, 0.2) is 0 Å². The first-order valence-electron chi connectivity index (χ1n) is 8.14. The number of aromatic nitrogens is 2. The van der Waals surface area contributed by atoms with Crippen LogP contribution in [0, 0.1) is 6.92 Å². The van der Waals surface area contributed by atoms with Crippen molar-refractivity contribution in [3.8, 4) is 0 Å². The van der Waals surface area contributed by atoms with Crippen LogP contribution in [0.15, 0.2) is 36.4 Å². The molecular weight excluding hydrogens is 336 g/mol. The highest BCUT2D eigenvalue weighted by Crippen LogP contribution is 2.16. The predicted molar refractivity (Wildman–Crippen MR) is 98.6 cm³/mol. The predicted octanol–water partition coefficient (Wildman–Crippen LogP) is 2.47. The van der Waals surface area contributed by atoms with Gasteiger partial charge in [-0.2, -0.15) is 0 Å². The number of nitrogens with zero attached hydrogens (tertiary/aromatic N) is 2. The third-order valence-corrected chi connectivity index (χ3v) is 4.87. The monoisotopic (exact) mass is 356 g/mol. The second-order valence-corrected chi connectivity index (χ2v) is 6.92. The first kappa shape index (κ1) is 17.2. The Kier molecular flexibility index (Phi) is 5.14. The molecule has 0 saturated carbocycles. The van der Waals surface area contributed by atoms with Gasteiger partial charge in [-0.1, -0.05) is 12.1 Å². The number of aryl methyl sites for hydroxylation is 2. The van der Waals surface area contributed by atoms with Gasteiger partial charge < -0.3 is 15.2 Å². The van der Waals surface area contributed by atoms with Gasteiger partial charge in [0.25, 0.3) is 5.91 Å². The highest BCUT2D eigenvalue weighted by molar-refractivity contribution is 7.13. The Labute approximate surface area is 149 Å². The lowest BCUT2D eigenvalue weighted by atomic mass is 10.3. The molecule has 0 aliphatic carbocycles. The van der Waals surface area contributed by atoms with Crippen molar-refractivity contribution < 1.29 is 9.59 Å². The molecule has 0 bridgehead atoms. The summed E-state index contributed by atoms with van der Waals surface area (Å²) in [4.78, 5) is 30.2. The zero-order chi connectivity index (χ0) is 17.8. The number of nitrogens with one attached hydrogen (secondary N) is 2. The van der Waals surface area contributed by atoms with Gasteiger partial charge in [0, 0.05) is 11.4 Å². The summed E-state index contributed by atoms with van der Waals surface area (Å²) in [6.07, 6.45) is 0. The normalized spacial score (nSPS) is 10.8. The van der Waals surface area contributed by atoms with E-state index in [2.05, 4.69) is 20.2 Å². The third-order valence-electron chi connectivity index (χ3n) is 3.87. The molecule has 0 saturated heterocycles. The van der Waals surface area contributed by atoms with E-state index in [9.17, 15) is 9.59 Å². The Hall–Kier alpha value is -2.67. The second kappa shape index (κ2) is 7.48. The third kappa shape index (κ3) is 3.88. The van der Waals surface area contributed by atoms with Crippen molar-refractivity contribution in [1.82, 2.24) is 20.2 Å². The van der Waals surface area contributed by atoms with E-state index in [0.29, 0.717) is 11.4 Å². The van der Waals surface area contributed by atoms with Crippen LogP contribution in [0.1, 0.15) is 27.3 Å². The van der Waals surface area contributed by atoms with Gasteiger partial charge in [0.1, 0.15) is 5.82 Å². The second-order valence-electron chi connectivity index (χ2n) is 5.63. The van der Waals surface area contributed by atoms with Crippen molar-refractivity contribution in [3.05, 3.63) is 52.0 Å². The van der Waals surface area contributed by atoms with Crippen LogP contribution in [0.3, 0.4) is 0 Å². The number of carbonyl (C=O) groups excluding carboxylic acids is 2. The molecule has 3 rings (SSSR count). The summed E-state index contributed by atoms with van der Waals surface area (Å²) in [5.41, 5.74) is 1.96. The quantitative estimate of drug-likeness (QED) is 0.712. The highest BCUT2D eigenvalue weighted by Gasteiger charge is 2.12. The van der Waals surface area contributed by atoms with Crippen LogP contribution in [-0.2, 0) is 17.9 Å². The van der Waals surface area contributed by atoms with Gasteiger partial charge in [-0.15, -0.1) is 11.3 Å². The number of fused-ring (bicyclic) bond motifs is 1. The highest BCUT2D eigenvalue weighted by atomic mass is 32.1. The number of rotatable bonds is 6. The van der Waals surface area contributed by atoms with E-state index in [4.69, 9.17) is 0 Å². The zero-order valence-electron chi connectivity index (χ0n) is 14.2. The average molecular weight is 356 g/mol. The zero-order valence-corrected chi connectivity index (χ0v) is 15.0. The largest absolute Gasteiger partial charge is 0.347 e. The molecule has 0 aliphatic rings. The van der Waals surface area contributed by atoms with Crippen molar-refractivity contribution in [2.75, 3.05) is 6.54 Å². The van der Waals surface area contributed by atoms with Gasteiger partial charge >= 0.3 is 0 Å². The van der Waals surface area contributed by atoms with E-state index in [1.807, 2.05) is 44.2 Å². The van der Waals surface area contributed by atoms with E-state index < -0.39 is 0 Å². The number of thiophene rings is 1. The molecule has 2 aromatic heterocycles. The van der Waals surface area contributed by atoms with E-state index in [0.717, 1.165) is 28.3 Å². The van der Waals surface area contributed by atoms with E-state index in [1.165, 1.54) is 11.3 Å². The van der Waals surface area contributed by atoms with Crippen molar-refractivity contribution >= 4 is 34.2 Å². The summed E-state index contributed by atoms with van der Waals surface area (Å²) < 4.78 is 2.07. The molecule has 2 N–H and O–H groups in total. The molecular formula is C18H20N4O2S. The summed E-state index contributed by atoms with van der Waals surface area (Å²) >= 11 is 1.41. The number of imidazole rings is 1. The molecule has 0 fully saturated rings. The molecule has 0 radical (unpaired) electrons. The molecule has 0 atom stereocenters. The molecule has 3 aromatic rings. The van der Waals surface area contributed by atoms with Crippen LogP contribution < -0.4 is 10.6 Å². The van der Waals surface area contributed by atoms with Gasteiger partial charge in [-0.25, -0.2) is 4.98 Å². The van der Waals surface area contributed by atoms with Gasteiger partial charge in [0.2, 0.25) is 5.91 Å². The maximum Gasteiger partial charge on any atom is 0.261 e. The fourth-order valence-electron chi connectivity index (χ4n) is 2.66. The molecule has 6 nitrogen and oxygen atoms in total. The lowest BCUT2D eigenvalue weighted by Gasteiger charge is -2.08. The van der Waals surface area contributed by atoms with Crippen LogP contribution in [-0.4, -0.2) is 27.9 Å². The maximum absolute atomic E-state index is 12.0. The number of benzene rings is 1. The molecule has 2 heterocycles. The lowest BCUT2D eigenvalue weighted by molar-refractivity contribution is -0.120. The van der Waals surface area contributed by atoms with Crippen LogP contribution in [0.5, 0.6) is 0 Å². The molecule has 1 aromatic carbocycles. The minimum atomic E-state index is -0.240. The smallest absolute Gasteiger partial charge is 0.261 e. The van der Waals surface area contributed by atoms with E-state index >= 15 is 0 Å². The molecule has 0 aliphatic heterocycles. The molecule has 2 amide bonds. The van der Waals surface area contributed by atoms with Crippen molar-refractivity contribution in [3.63, 3.8) is 0 Å². The number of hydrogen-bond donors (Lipinski definition) is 2. The van der Waals surface area contributed by atoms with Gasteiger partial charge in [-0.05, 0) is 38.1 Å². The molecule has 0 spiro atoms. The van der Waals surface area contributed by atoms with Crippen LogP contribution in [0.4, 0.5) is 0 Å². The van der Waals surface area contributed by atoms with Crippen molar-refractivity contribution in [1.29, 1.82) is 0 Å². The SMILES string of the molecule is CCn1c(CNC(=O)CNC(=O)c2ccc(C)s2)nc2ccccc21. The van der Waals surface area contributed by atoms with Crippen LogP contribution >= 0.6 is 11.3 Å². The number of hydrogen-bond acceptors (Lipinski definition) is 4. The fraction of sp³-hybridized carbons (Fsp3) is 0.278. The number of carbonyl (C=O) groups is 2. The Morgan fingerprint density at radius 3 is 2.68 bits per heavy atom. The van der Waals surface area contributed by atoms with Crippen molar-refractivity contribution in [2.45, 2.75) is 26.9 Å². The summed E-state index contributed by atoms with van der Waals surface area (Å²) in [6.45, 7) is 5.04. The standard InChI is InChI=1S/C18H20N4O2S/c1-3-22-14-7-5-4-6-13(14)21-16(22)10-19-17(23)11-20-18(24)15-9-8-12(2)25-15/h4-9H,3,10-11H2,1-2H3,(H,19,23)(H,20,24). The Bertz CT molecular complexity index is 913.